The van der Waals surface area contributed by atoms with E-state index in [1.165, 1.54) is 11.3 Å². The van der Waals surface area contributed by atoms with Gasteiger partial charge in [0.1, 0.15) is 0 Å². The van der Waals surface area contributed by atoms with Crippen molar-refractivity contribution in [3.05, 3.63) is 45.9 Å². The first-order chi connectivity index (χ1) is 13.1. The Hall–Kier alpha value is -2.78. The molecule has 1 aromatic carbocycles. The van der Waals surface area contributed by atoms with Crippen LogP contribution in [0.25, 0.3) is 0 Å². The molecule has 0 aliphatic carbocycles. The zero-order chi connectivity index (χ0) is 18.8. The number of hydrogen-bond acceptors (Lipinski definition) is 6. The van der Waals surface area contributed by atoms with Gasteiger partial charge in [-0.15, -0.1) is 11.3 Å². The highest BCUT2D eigenvalue weighted by Gasteiger charge is 2.31. The van der Waals surface area contributed by atoms with Crippen LogP contribution in [0, 0.1) is 0 Å². The molecule has 1 saturated heterocycles. The molecule has 2 aliphatic heterocycles. The lowest BCUT2D eigenvalue weighted by Gasteiger charge is -2.40. The summed E-state index contributed by atoms with van der Waals surface area (Å²) in [6, 6.07) is 5.56. The SMILES string of the molecule is O=C1Cc2cc(C(=O)N3CC(NCCNC(=O)c4nccs4)C3)ccc2N1. The molecule has 1 aromatic heterocycles. The highest BCUT2D eigenvalue weighted by atomic mass is 32.1. The fourth-order valence-electron chi connectivity index (χ4n) is 3.18. The summed E-state index contributed by atoms with van der Waals surface area (Å²) in [5.41, 5.74) is 2.27. The number of nitrogens with one attached hydrogen (secondary N) is 3. The summed E-state index contributed by atoms with van der Waals surface area (Å²) in [5, 5.41) is 11.1. The lowest BCUT2D eigenvalue weighted by atomic mass is 10.0. The number of nitrogens with zero attached hydrogens (tertiary/aromatic N) is 2. The molecule has 1 fully saturated rings. The number of aromatic nitrogens is 1. The van der Waals surface area contributed by atoms with E-state index < -0.39 is 0 Å². The Morgan fingerprint density at radius 3 is 2.93 bits per heavy atom. The molecule has 0 radical (unpaired) electrons. The van der Waals surface area contributed by atoms with Crippen molar-refractivity contribution in [3.63, 3.8) is 0 Å². The van der Waals surface area contributed by atoms with E-state index in [1.54, 1.807) is 34.7 Å². The molecule has 0 atom stereocenters. The second kappa shape index (κ2) is 7.45. The molecule has 27 heavy (non-hydrogen) atoms. The van der Waals surface area contributed by atoms with Crippen molar-refractivity contribution in [3.8, 4) is 0 Å². The van der Waals surface area contributed by atoms with Crippen LogP contribution in [0.1, 0.15) is 25.7 Å². The van der Waals surface area contributed by atoms with Gasteiger partial charge in [0.05, 0.1) is 6.42 Å². The molecule has 2 aromatic rings. The van der Waals surface area contributed by atoms with Crippen LogP contribution in [0.4, 0.5) is 5.69 Å². The fourth-order valence-corrected chi connectivity index (χ4v) is 3.73. The summed E-state index contributed by atoms with van der Waals surface area (Å²) in [6.45, 7) is 2.41. The van der Waals surface area contributed by atoms with Crippen LogP contribution in [0.3, 0.4) is 0 Å². The Morgan fingerprint density at radius 2 is 2.15 bits per heavy atom. The minimum Gasteiger partial charge on any atom is -0.349 e. The molecule has 8 nitrogen and oxygen atoms in total. The van der Waals surface area contributed by atoms with Crippen molar-refractivity contribution in [2.45, 2.75) is 12.5 Å². The maximum absolute atomic E-state index is 12.5. The minimum absolute atomic E-state index is 0.0210. The van der Waals surface area contributed by atoms with Crippen LogP contribution in [0.5, 0.6) is 0 Å². The summed E-state index contributed by atoms with van der Waals surface area (Å²) in [6.07, 6.45) is 1.93. The zero-order valence-corrected chi connectivity index (χ0v) is 15.3. The van der Waals surface area contributed by atoms with Crippen LogP contribution in [-0.2, 0) is 11.2 Å². The van der Waals surface area contributed by atoms with Crippen molar-refractivity contribution in [1.29, 1.82) is 0 Å². The molecule has 2 aliphatic rings. The number of fused-ring (bicyclic) bond motifs is 1. The third-order valence-electron chi connectivity index (χ3n) is 4.62. The fraction of sp³-hybridized carbons (Fsp3) is 0.333. The van der Waals surface area contributed by atoms with E-state index in [0.29, 0.717) is 43.2 Å². The summed E-state index contributed by atoms with van der Waals surface area (Å²) < 4.78 is 0. The number of anilines is 1. The van der Waals surface area contributed by atoms with Crippen molar-refractivity contribution >= 4 is 34.7 Å². The van der Waals surface area contributed by atoms with E-state index >= 15 is 0 Å². The van der Waals surface area contributed by atoms with Crippen molar-refractivity contribution in [2.75, 3.05) is 31.5 Å². The molecule has 3 amide bonds. The van der Waals surface area contributed by atoms with Gasteiger partial charge >= 0.3 is 0 Å². The molecule has 140 valence electrons. The number of likely N-dealkylation sites (tertiary alicyclic amines) is 1. The normalized spacial score (nSPS) is 15.9. The standard InChI is InChI=1S/C18H19N5O3S/c24-15-8-12-7-11(1-2-14(12)22-15)18(26)23-9-13(10-23)19-3-4-20-16(25)17-21-5-6-27-17/h1-2,5-7,13,19H,3-4,8-10H2,(H,20,25)(H,22,24). The molecule has 0 bridgehead atoms. The molecule has 9 heteroatoms. The minimum atomic E-state index is -0.165. The number of carbonyl (C=O) groups excluding carboxylic acids is 3. The van der Waals surface area contributed by atoms with E-state index in [9.17, 15) is 14.4 Å². The van der Waals surface area contributed by atoms with E-state index in [0.717, 1.165) is 11.3 Å². The Labute approximate surface area is 160 Å². The highest BCUT2D eigenvalue weighted by Crippen LogP contribution is 2.25. The molecule has 4 rings (SSSR count). The van der Waals surface area contributed by atoms with Crippen molar-refractivity contribution in [1.82, 2.24) is 20.5 Å². The lowest BCUT2D eigenvalue weighted by Crippen LogP contribution is -2.60. The number of thiazole rings is 1. The molecule has 0 unspecified atom stereocenters. The molecular weight excluding hydrogens is 366 g/mol. The predicted octanol–water partition coefficient (Wildman–Crippen LogP) is 0.482. The van der Waals surface area contributed by atoms with Crippen molar-refractivity contribution < 1.29 is 14.4 Å². The summed E-state index contributed by atoms with van der Waals surface area (Å²) in [5.74, 6) is -0.223. The average Bonchev–Trinajstić information content (AvgIpc) is 3.27. The smallest absolute Gasteiger partial charge is 0.280 e. The molecular formula is C18H19N5O3S. The number of hydrogen-bond donors (Lipinski definition) is 3. The van der Waals surface area contributed by atoms with Crippen LogP contribution >= 0.6 is 11.3 Å². The van der Waals surface area contributed by atoms with E-state index in [2.05, 4.69) is 20.9 Å². The van der Waals surface area contributed by atoms with Gasteiger partial charge in [-0.2, -0.15) is 0 Å². The van der Waals surface area contributed by atoms with E-state index in [4.69, 9.17) is 0 Å². The Morgan fingerprint density at radius 1 is 1.30 bits per heavy atom. The van der Waals surface area contributed by atoms with Gasteiger partial charge in [0.15, 0.2) is 5.01 Å². The molecule has 0 spiro atoms. The van der Waals surface area contributed by atoms with Gasteiger partial charge in [0.25, 0.3) is 11.8 Å². The predicted molar refractivity (Wildman–Crippen MR) is 101 cm³/mol. The highest BCUT2D eigenvalue weighted by molar-refractivity contribution is 7.11. The second-order valence-electron chi connectivity index (χ2n) is 6.55. The van der Waals surface area contributed by atoms with Gasteiger partial charge < -0.3 is 20.9 Å². The Kier molecular flexibility index (Phi) is 4.87. The van der Waals surface area contributed by atoms with Gasteiger partial charge in [-0.25, -0.2) is 4.98 Å². The molecule has 3 N–H and O–H groups in total. The lowest BCUT2D eigenvalue weighted by molar-refractivity contribution is -0.115. The summed E-state index contributed by atoms with van der Waals surface area (Å²) >= 11 is 1.31. The third-order valence-corrected chi connectivity index (χ3v) is 5.39. The van der Waals surface area contributed by atoms with Crippen LogP contribution in [0.2, 0.25) is 0 Å². The summed E-state index contributed by atoms with van der Waals surface area (Å²) in [7, 11) is 0. The largest absolute Gasteiger partial charge is 0.349 e. The van der Waals surface area contributed by atoms with E-state index in [1.807, 2.05) is 0 Å². The van der Waals surface area contributed by atoms with Gasteiger partial charge in [-0.05, 0) is 23.8 Å². The topological polar surface area (TPSA) is 103 Å². The zero-order valence-electron chi connectivity index (χ0n) is 14.5. The van der Waals surface area contributed by atoms with E-state index in [-0.39, 0.29) is 23.8 Å². The number of amides is 3. The van der Waals surface area contributed by atoms with Crippen LogP contribution < -0.4 is 16.0 Å². The summed E-state index contributed by atoms with van der Waals surface area (Å²) in [4.78, 5) is 41.5. The third kappa shape index (κ3) is 3.83. The average molecular weight is 385 g/mol. The molecule has 0 saturated carbocycles. The molecule has 3 heterocycles. The Bertz CT molecular complexity index is 877. The van der Waals surface area contributed by atoms with Crippen LogP contribution in [-0.4, -0.2) is 59.8 Å². The van der Waals surface area contributed by atoms with Crippen LogP contribution in [0.15, 0.2) is 29.8 Å². The first kappa shape index (κ1) is 17.6. The number of benzene rings is 1. The van der Waals surface area contributed by atoms with Gasteiger partial charge in [-0.1, -0.05) is 0 Å². The quantitative estimate of drug-likeness (QED) is 0.628. The monoisotopic (exact) mass is 385 g/mol. The van der Waals surface area contributed by atoms with Gasteiger partial charge in [-0.3, -0.25) is 14.4 Å². The first-order valence-corrected chi connectivity index (χ1v) is 9.61. The maximum atomic E-state index is 12.5. The Balaban J connectivity index is 1.18. The van der Waals surface area contributed by atoms with Gasteiger partial charge in [0.2, 0.25) is 5.91 Å². The first-order valence-electron chi connectivity index (χ1n) is 8.73. The maximum Gasteiger partial charge on any atom is 0.280 e. The second-order valence-corrected chi connectivity index (χ2v) is 7.45. The number of carbonyl (C=O) groups is 3. The number of rotatable bonds is 6. The van der Waals surface area contributed by atoms with Crippen molar-refractivity contribution in [2.24, 2.45) is 0 Å². The van der Waals surface area contributed by atoms with Gasteiger partial charge in [0, 0.05) is 55.0 Å².